The van der Waals surface area contributed by atoms with Crippen LogP contribution in [-0.2, 0) is 4.79 Å². The first-order chi connectivity index (χ1) is 9.01. The molecule has 1 atom stereocenters. The van der Waals surface area contributed by atoms with Gasteiger partial charge in [0.2, 0.25) is 0 Å². The lowest BCUT2D eigenvalue weighted by atomic mass is 9.76. The second kappa shape index (κ2) is 4.84. The maximum absolute atomic E-state index is 11.6. The van der Waals surface area contributed by atoms with Gasteiger partial charge in [-0.15, -0.1) is 5.10 Å². The van der Waals surface area contributed by atoms with Gasteiger partial charge in [0.1, 0.15) is 6.07 Å². The lowest BCUT2D eigenvalue weighted by Gasteiger charge is -2.28. The van der Waals surface area contributed by atoms with Crippen LogP contribution >= 0.6 is 0 Å². The van der Waals surface area contributed by atoms with Gasteiger partial charge in [0, 0.05) is 13.1 Å². The van der Waals surface area contributed by atoms with Crippen LogP contribution in [0.3, 0.4) is 0 Å². The Hall–Kier alpha value is -2.16. The molecule has 6 nitrogen and oxygen atoms in total. The first-order valence-electron chi connectivity index (χ1n) is 6.21. The largest absolute Gasteiger partial charge is 0.481 e. The summed E-state index contributed by atoms with van der Waals surface area (Å²) >= 11 is 0. The minimum Gasteiger partial charge on any atom is -0.481 e. The molecule has 0 saturated carbocycles. The van der Waals surface area contributed by atoms with E-state index in [-0.39, 0.29) is 5.92 Å². The normalized spacial score (nSPS) is 22.5. The number of rotatable bonds is 3. The van der Waals surface area contributed by atoms with Crippen molar-refractivity contribution in [2.24, 2.45) is 11.3 Å². The van der Waals surface area contributed by atoms with Gasteiger partial charge in [0.05, 0.1) is 17.2 Å². The summed E-state index contributed by atoms with van der Waals surface area (Å²) in [5.41, 5.74) is -0.343. The Bertz CT molecular complexity index is 538. The predicted molar refractivity (Wildman–Crippen MR) is 68.5 cm³/mol. The molecule has 2 heterocycles. The molecule has 0 radical (unpaired) electrons. The molecule has 0 amide bonds. The summed E-state index contributed by atoms with van der Waals surface area (Å²) in [6.07, 6.45) is 2.02. The topological polar surface area (TPSA) is 90.1 Å². The highest BCUT2D eigenvalue weighted by atomic mass is 16.4. The SMILES string of the molecule is CC(C)C1(C(=O)O)CCN(c2nnccc2C#N)C1. The molecule has 0 bridgehead atoms. The van der Waals surface area contributed by atoms with Gasteiger partial charge in [-0.25, -0.2) is 0 Å². The molecule has 6 heteroatoms. The maximum atomic E-state index is 11.6. The second-order valence-corrected chi connectivity index (χ2v) is 5.17. The fourth-order valence-corrected chi connectivity index (χ4v) is 2.55. The van der Waals surface area contributed by atoms with Crippen molar-refractivity contribution < 1.29 is 9.90 Å². The molecule has 2 rings (SSSR count). The lowest BCUT2D eigenvalue weighted by Crippen LogP contribution is -2.39. The second-order valence-electron chi connectivity index (χ2n) is 5.17. The van der Waals surface area contributed by atoms with E-state index in [4.69, 9.17) is 5.26 Å². The Labute approximate surface area is 111 Å². The monoisotopic (exact) mass is 260 g/mol. The third-order valence-corrected chi connectivity index (χ3v) is 3.95. The fraction of sp³-hybridized carbons (Fsp3) is 0.538. The number of hydrogen-bond donors (Lipinski definition) is 1. The van der Waals surface area contributed by atoms with Gasteiger partial charge in [0.15, 0.2) is 5.82 Å². The molecule has 1 aromatic rings. The van der Waals surface area contributed by atoms with Crippen molar-refractivity contribution in [2.75, 3.05) is 18.0 Å². The molecule has 0 aliphatic carbocycles. The number of aromatic nitrogens is 2. The Morgan fingerprint density at radius 3 is 2.89 bits per heavy atom. The van der Waals surface area contributed by atoms with Crippen LogP contribution in [0.4, 0.5) is 5.82 Å². The summed E-state index contributed by atoms with van der Waals surface area (Å²) < 4.78 is 0. The van der Waals surface area contributed by atoms with E-state index >= 15 is 0 Å². The highest BCUT2D eigenvalue weighted by molar-refractivity contribution is 5.77. The Kier molecular flexibility index (Phi) is 3.38. The van der Waals surface area contributed by atoms with E-state index < -0.39 is 11.4 Å². The van der Waals surface area contributed by atoms with Crippen molar-refractivity contribution in [2.45, 2.75) is 20.3 Å². The number of carboxylic acid groups (broad SMARTS) is 1. The van der Waals surface area contributed by atoms with Gasteiger partial charge in [-0.05, 0) is 18.4 Å². The summed E-state index contributed by atoms with van der Waals surface area (Å²) in [4.78, 5) is 13.4. The molecule has 19 heavy (non-hydrogen) atoms. The molecule has 100 valence electrons. The molecule has 1 N–H and O–H groups in total. The van der Waals surface area contributed by atoms with Gasteiger partial charge in [-0.1, -0.05) is 13.8 Å². The van der Waals surface area contributed by atoms with Gasteiger partial charge >= 0.3 is 5.97 Å². The quantitative estimate of drug-likeness (QED) is 0.880. The molecule has 1 aliphatic rings. The number of nitrogens with zero attached hydrogens (tertiary/aromatic N) is 4. The fourth-order valence-electron chi connectivity index (χ4n) is 2.55. The summed E-state index contributed by atoms with van der Waals surface area (Å²) in [6, 6.07) is 3.66. The Balaban J connectivity index is 2.32. The third-order valence-electron chi connectivity index (χ3n) is 3.95. The average molecular weight is 260 g/mol. The third kappa shape index (κ3) is 2.12. The maximum Gasteiger partial charge on any atom is 0.311 e. The highest BCUT2D eigenvalue weighted by Crippen LogP contribution is 2.39. The van der Waals surface area contributed by atoms with E-state index in [1.807, 2.05) is 18.7 Å². The average Bonchev–Trinajstić information content (AvgIpc) is 2.85. The minimum absolute atomic E-state index is 0.0252. The number of nitriles is 1. The first-order valence-corrected chi connectivity index (χ1v) is 6.21. The van der Waals surface area contributed by atoms with Crippen molar-refractivity contribution in [1.82, 2.24) is 10.2 Å². The molecule has 1 saturated heterocycles. The van der Waals surface area contributed by atoms with Crippen LogP contribution in [0.15, 0.2) is 12.3 Å². The zero-order valence-corrected chi connectivity index (χ0v) is 11.0. The number of anilines is 1. The summed E-state index contributed by atoms with van der Waals surface area (Å²) in [7, 11) is 0. The molecule has 1 unspecified atom stereocenters. The van der Waals surface area contributed by atoms with Gasteiger partial charge in [-0.3, -0.25) is 4.79 Å². The van der Waals surface area contributed by atoms with Gasteiger partial charge in [0.25, 0.3) is 0 Å². The van der Waals surface area contributed by atoms with E-state index in [0.717, 1.165) is 0 Å². The molecule has 1 aliphatic heterocycles. The van der Waals surface area contributed by atoms with Gasteiger partial charge in [-0.2, -0.15) is 10.4 Å². The van der Waals surface area contributed by atoms with Crippen LogP contribution in [0, 0.1) is 22.7 Å². The number of hydrogen-bond acceptors (Lipinski definition) is 5. The van der Waals surface area contributed by atoms with Crippen molar-refractivity contribution >= 4 is 11.8 Å². The smallest absolute Gasteiger partial charge is 0.311 e. The van der Waals surface area contributed by atoms with E-state index in [9.17, 15) is 9.90 Å². The minimum atomic E-state index is -0.785. The summed E-state index contributed by atoms with van der Waals surface area (Å²) in [5.74, 6) is -0.279. The molecular weight excluding hydrogens is 244 g/mol. The Morgan fingerprint density at radius 2 is 2.37 bits per heavy atom. The van der Waals surface area contributed by atoms with Crippen LogP contribution < -0.4 is 4.90 Å². The zero-order chi connectivity index (χ0) is 14.0. The predicted octanol–water partition coefficient (Wildman–Crippen LogP) is 1.29. The van der Waals surface area contributed by atoms with Crippen LogP contribution in [0.2, 0.25) is 0 Å². The molecule has 1 fully saturated rings. The van der Waals surface area contributed by atoms with E-state index in [2.05, 4.69) is 16.3 Å². The molecular formula is C13H16N4O2. The van der Waals surface area contributed by atoms with E-state index in [1.54, 1.807) is 6.07 Å². The standard InChI is InChI=1S/C13H16N4O2/c1-9(2)13(12(18)19)4-6-17(8-13)11-10(7-14)3-5-15-16-11/h3,5,9H,4,6,8H2,1-2H3,(H,18,19). The van der Waals surface area contributed by atoms with Gasteiger partial charge < -0.3 is 10.0 Å². The van der Waals surface area contributed by atoms with Crippen molar-refractivity contribution in [3.05, 3.63) is 17.8 Å². The van der Waals surface area contributed by atoms with E-state index in [1.165, 1.54) is 6.20 Å². The van der Waals surface area contributed by atoms with Crippen LogP contribution in [-0.4, -0.2) is 34.4 Å². The number of carbonyl (C=O) groups is 1. The van der Waals surface area contributed by atoms with Crippen LogP contribution in [0.5, 0.6) is 0 Å². The van der Waals surface area contributed by atoms with Crippen LogP contribution in [0.1, 0.15) is 25.8 Å². The number of carboxylic acids is 1. The number of aliphatic carboxylic acids is 1. The molecule has 0 aromatic carbocycles. The van der Waals surface area contributed by atoms with Crippen molar-refractivity contribution in [3.63, 3.8) is 0 Å². The van der Waals surface area contributed by atoms with E-state index in [0.29, 0.717) is 30.9 Å². The summed E-state index contributed by atoms with van der Waals surface area (Å²) in [6.45, 7) is 4.78. The molecule has 1 aromatic heterocycles. The van der Waals surface area contributed by atoms with Crippen molar-refractivity contribution in [3.8, 4) is 6.07 Å². The van der Waals surface area contributed by atoms with Crippen molar-refractivity contribution in [1.29, 1.82) is 5.26 Å². The molecule has 0 spiro atoms. The Morgan fingerprint density at radius 1 is 1.63 bits per heavy atom. The first kappa shape index (κ1) is 13.3. The lowest BCUT2D eigenvalue weighted by molar-refractivity contribution is -0.150. The van der Waals surface area contributed by atoms with Crippen LogP contribution in [0.25, 0.3) is 0 Å². The zero-order valence-electron chi connectivity index (χ0n) is 11.0. The highest BCUT2D eigenvalue weighted by Gasteiger charge is 2.48. The summed E-state index contributed by atoms with van der Waals surface area (Å²) in [5, 5.41) is 26.3.